The standard InChI is InChI=1S/C15H21N3O3/c1-20-13-8-18(9-14(13)21-2)15(19)12-7-16-10-5-3-4-6-11(10)17-12/h3-6,12-14,16-17H,7-9H2,1-2H3. The molecule has 1 aromatic rings. The van der Waals surface area contributed by atoms with Crippen LogP contribution < -0.4 is 10.6 Å². The Morgan fingerprint density at radius 3 is 2.38 bits per heavy atom. The summed E-state index contributed by atoms with van der Waals surface area (Å²) in [4.78, 5) is 14.5. The summed E-state index contributed by atoms with van der Waals surface area (Å²) in [6.45, 7) is 1.74. The van der Waals surface area contributed by atoms with E-state index in [-0.39, 0.29) is 24.2 Å². The van der Waals surface area contributed by atoms with Gasteiger partial charge in [-0.15, -0.1) is 0 Å². The van der Waals surface area contributed by atoms with E-state index in [2.05, 4.69) is 10.6 Å². The second-order valence-corrected chi connectivity index (χ2v) is 5.41. The zero-order valence-electron chi connectivity index (χ0n) is 12.3. The fraction of sp³-hybridized carbons (Fsp3) is 0.533. The molecule has 21 heavy (non-hydrogen) atoms. The van der Waals surface area contributed by atoms with Crippen LogP contribution in [0.5, 0.6) is 0 Å². The van der Waals surface area contributed by atoms with Gasteiger partial charge in [0.05, 0.1) is 11.4 Å². The van der Waals surface area contributed by atoms with E-state index in [0.717, 1.165) is 11.4 Å². The zero-order valence-corrected chi connectivity index (χ0v) is 12.3. The highest BCUT2D eigenvalue weighted by Crippen LogP contribution is 2.26. The number of likely N-dealkylation sites (tertiary alicyclic amines) is 1. The first-order chi connectivity index (χ1) is 10.2. The Balaban J connectivity index is 1.67. The van der Waals surface area contributed by atoms with Crippen molar-refractivity contribution in [3.8, 4) is 0 Å². The van der Waals surface area contributed by atoms with Gasteiger partial charge in [-0.2, -0.15) is 0 Å². The van der Waals surface area contributed by atoms with Crippen molar-refractivity contribution in [1.29, 1.82) is 0 Å². The van der Waals surface area contributed by atoms with Crippen molar-refractivity contribution < 1.29 is 14.3 Å². The highest BCUT2D eigenvalue weighted by molar-refractivity contribution is 5.89. The van der Waals surface area contributed by atoms with Crippen LogP contribution in [0.2, 0.25) is 0 Å². The summed E-state index contributed by atoms with van der Waals surface area (Å²) in [5.74, 6) is 0.0820. The second-order valence-electron chi connectivity index (χ2n) is 5.41. The Morgan fingerprint density at radius 2 is 1.76 bits per heavy atom. The summed E-state index contributed by atoms with van der Waals surface area (Å²) >= 11 is 0. The number of fused-ring (bicyclic) bond motifs is 1. The third-order valence-electron chi connectivity index (χ3n) is 4.18. The monoisotopic (exact) mass is 291 g/mol. The number of benzene rings is 1. The molecule has 0 saturated carbocycles. The van der Waals surface area contributed by atoms with Gasteiger partial charge in [0, 0.05) is 33.9 Å². The summed E-state index contributed by atoms with van der Waals surface area (Å²) in [5.41, 5.74) is 2.00. The third kappa shape index (κ3) is 2.69. The van der Waals surface area contributed by atoms with Crippen LogP contribution in [0, 0.1) is 0 Å². The maximum atomic E-state index is 12.6. The van der Waals surface area contributed by atoms with Gasteiger partial charge in [-0.1, -0.05) is 12.1 Å². The molecule has 0 spiro atoms. The van der Waals surface area contributed by atoms with Crippen molar-refractivity contribution in [1.82, 2.24) is 4.90 Å². The van der Waals surface area contributed by atoms with Gasteiger partial charge in [0.1, 0.15) is 18.2 Å². The van der Waals surface area contributed by atoms with E-state index >= 15 is 0 Å². The van der Waals surface area contributed by atoms with E-state index in [1.807, 2.05) is 29.2 Å². The van der Waals surface area contributed by atoms with E-state index in [1.54, 1.807) is 14.2 Å². The van der Waals surface area contributed by atoms with Gasteiger partial charge in [-0.3, -0.25) is 4.79 Å². The predicted octanol–water partition coefficient (Wildman–Crippen LogP) is 0.765. The average molecular weight is 291 g/mol. The fourth-order valence-electron chi connectivity index (χ4n) is 2.96. The summed E-state index contributed by atoms with van der Waals surface area (Å²) in [5, 5.41) is 6.60. The van der Waals surface area contributed by atoms with Crippen LogP contribution >= 0.6 is 0 Å². The fourth-order valence-corrected chi connectivity index (χ4v) is 2.96. The van der Waals surface area contributed by atoms with Crippen LogP contribution in [0.1, 0.15) is 0 Å². The zero-order chi connectivity index (χ0) is 14.8. The quantitative estimate of drug-likeness (QED) is 0.861. The molecule has 1 aromatic carbocycles. The molecule has 1 saturated heterocycles. The molecule has 3 atom stereocenters. The normalized spacial score (nSPS) is 27.7. The molecule has 3 rings (SSSR count). The minimum absolute atomic E-state index is 0.0530. The van der Waals surface area contributed by atoms with Crippen LogP contribution in [0.4, 0.5) is 11.4 Å². The smallest absolute Gasteiger partial charge is 0.247 e. The van der Waals surface area contributed by atoms with E-state index in [9.17, 15) is 4.79 Å². The molecule has 2 aliphatic rings. The average Bonchev–Trinajstić information content (AvgIpc) is 2.97. The SMILES string of the molecule is COC1CN(C(=O)C2CNc3ccccc3N2)CC1OC. The first-order valence-corrected chi connectivity index (χ1v) is 7.16. The van der Waals surface area contributed by atoms with Crippen LogP contribution in [0.3, 0.4) is 0 Å². The van der Waals surface area contributed by atoms with Gasteiger partial charge in [-0.25, -0.2) is 0 Å². The van der Waals surface area contributed by atoms with Crippen molar-refractivity contribution >= 4 is 17.3 Å². The largest absolute Gasteiger partial charge is 0.381 e. The van der Waals surface area contributed by atoms with Crippen molar-refractivity contribution in [3.05, 3.63) is 24.3 Å². The molecule has 1 amide bonds. The van der Waals surface area contributed by atoms with E-state index in [0.29, 0.717) is 19.6 Å². The number of carbonyl (C=O) groups is 1. The summed E-state index contributed by atoms with van der Waals surface area (Å²) in [6.07, 6.45) is -0.106. The Bertz CT molecular complexity index is 511. The van der Waals surface area contributed by atoms with Crippen molar-refractivity contribution in [3.63, 3.8) is 0 Å². The number of hydrogen-bond acceptors (Lipinski definition) is 5. The molecular weight excluding hydrogens is 270 g/mol. The number of nitrogens with one attached hydrogen (secondary N) is 2. The molecule has 114 valence electrons. The Morgan fingerprint density at radius 1 is 1.14 bits per heavy atom. The maximum Gasteiger partial charge on any atom is 0.247 e. The molecule has 2 N–H and O–H groups in total. The number of nitrogens with zero attached hydrogens (tertiary/aromatic N) is 1. The van der Waals surface area contributed by atoms with Crippen LogP contribution in [0.25, 0.3) is 0 Å². The number of para-hydroxylation sites is 2. The van der Waals surface area contributed by atoms with Gasteiger partial charge in [-0.05, 0) is 12.1 Å². The number of hydrogen-bond donors (Lipinski definition) is 2. The molecule has 6 heteroatoms. The van der Waals surface area contributed by atoms with Gasteiger partial charge in [0.25, 0.3) is 0 Å². The van der Waals surface area contributed by atoms with Crippen LogP contribution in [-0.2, 0) is 14.3 Å². The van der Waals surface area contributed by atoms with Crippen LogP contribution in [0.15, 0.2) is 24.3 Å². The lowest BCUT2D eigenvalue weighted by atomic mass is 10.1. The molecule has 0 bridgehead atoms. The maximum absolute atomic E-state index is 12.6. The number of methoxy groups -OCH3 is 2. The lowest BCUT2D eigenvalue weighted by molar-refractivity contribution is -0.131. The third-order valence-corrected chi connectivity index (χ3v) is 4.18. The Hall–Kier alpha value is -1.79. The van der Waals surface area contributed by atoms with Crippen molar-refractivity contribution in [2.75, 3.05) is 44.5 Å². The Labute approximate surface area is 124 Å². The molecule has 1 fully saturated rings. The number of rotatable bonds is 3. The first kappa shape index (κ1) is 14.2. The number of anilines is 2. The molecule has 6 nitrogen and oxygen atoms in total. The molecule has 2 heterocycles. The molecule has 2 aliphatic heterocycles. The van der Waals surface area contributed by atoms with E-state index in [1.165, 1.54) is 0 Å². The van der Waals surface area contributed by atoms with Crippen molar-refractivity contribution in [2.45, 2.75) is 18.2 Å². The predicted molar refractivity (Wildman–Crippen MR) is 80.5 cm³/mol. The summed E-state index contributed by atoms with van der Waals surface area (Å²) < 4.78 is 10.8. The highest BCUT2D eigenvalue weighted by Gasteiger charge is 2.38. The van der Waals surface area contributed by atoms with E-state index in [4.69, 9.17) is 9.47 Å². The van der Waals surface area contributed by atoms with Gasteiger partial charge in [0.15, 0.2) is 0 Å². The molecule has 3 unspecified atom stereocenters. The Kier molecular flexibility index (Phi) is 3.98. The van der Waals surface area contributed by atoms with Crippen LogP contribution in [-0.4, -0.2) is 62.9 Å². The minimum atomic E-state index is -0.256. The lowest BCUT2D eigenvalue weighted by Crippen LogP contribution is -2.47. The van der Waals surface area contributed by atoms with Gasteiger partial charge in [0.2, 0.25) is 5.91 Å². The topological polar surface area (TPSA) is 62.8 Å². The molecule has 0 aromatic heterocycles. The first-order valence-electron chi connectivity index (χ1n) is 7.16. The lowest BCUT2D eigenvalue weighted by Gasteiger charge is -2.30. The highest BCUT2D eigenvalue weighted by atomic mass is 16.5. The number of amides is 1. The molecule has 0 radical (unpaired) electrons. The summed E-state index contributed by atoms with van der Waals surface area (Å²) in [6, 6.07) is 7.65. The van der Waals surface area contributed by atoms with E-state index < -0.39 is 0 Å². The molecule has 0 aliphatic carbocycles. The van der Waals surface area contributed by atoms with Gasteiger partial charge >= 0.3 is 0 Å². The van der Waals surface area contributed by atoms with Gasteiger partial charge < -0.3 is 25.0 Å². The number of ether oxygens (including phenoxy) is 2. The second kappa shape index (κ2) is 5.91. The minimum Gasteiger partial charge on any atom is -0.381 e. The summed E-state index contributed by atoms with van der Waals surface area (Å²) in [7, 11) is 3.31. The number of carbonyl (C=O) groups excluding carboxylic acids is 1. The molecular formula is C15H21N3O3. The van der Waals surface area contributed by atoms with Crippen molar-refractivity contribution in [2.24, 2.45) is 0 Å².